The SMILES string of the molecule is Cc1ccccc1NC(=O)COC(=O)CCCSc1ccc(Cl)cc1. The summed E-state index contributed by atoms with van der Waals surface area (Å²) < 4.78 is 5.01. The van der Waals surface area contributed by atoms with Gasteiger partial charge in [-0.1, -0.05) is 29.8 Å². The Kier molecular flexibility index (Phi) is 7.82. The molecule has 0 radical (unpaired) electrons. The molecule has 0 spiro atoms. The number of nitrogens with one attached hydrogen (secondary N) is 1. The van der Waals surface area contributed by atoms with Crippen molar-refractivity contribution in [3.05, 3.63) is 59.1 Å². The highest BCUT2D eigenvalue weighted by atomic mass is 35.5. The number of ether oxygens (including phenoxy) is 1. The summed E-state index contributed by atoms with van der Waals surface area (Å²) in [6.07, 6.45) is 0.976. The first-order chi connectivity index (χ1) is 12.0. The third-order valence-electron chi connectivity index (χ3n) is 3.39. The minimum Gasteiger partial charge on any atom is -0.456 e. The summed E-state index contributed by atoms with van der Waals surface area (Å²) in [4.78, 5) is 24.6. The van der Waals surface area contributed by atoms with Crippen LogP contribution in [0.3, 0.4) is 0 Å². The number of para-hydroxylation sites is 1. The van der Waals surface area contributed by atoms with E-state index >= 15 is 0 Å². The highest BCUT2D eigenvalue weighted by Gasteiger charge is 2.09. The van der Waals surface area contributed by atoms with Crippen LogP contribution in [0.2, 0.25) is 5.02 Å². The van der Waals surface area contributed by atoms with Crippen LogP contribution in [-0.4, -0.2) is 24.2 Å². The molecule has 6 heteroatoms. The molecule has 0 fully saturated rings. The van der Waals surface area contributed by atoms with Gasteiger partial charge in [0, 0.05) is 22.0 Å². The number of amides is 1. The van der Waals surface area contributed by atoms with Crippen LogP contribution in [0.4, 0.5) is 5.69 Å². The molecule has 132 valence electrons. The third-order valence-corrected chi connectivity index (χ3v) is 4.74. The molecular weight excluding hydrogens is 358 g/mol. The van der Waals surface area contributed by atoms with Gasteiger partial charge in [-0.15, -0.1) is 11.8 Å². The lowest BCUT2D eigenvalue weighted by atomic mass is 10.2. The zero-order valence-corrected chi connectivity index (χ0v) is 15.5. The minimum atomic E-state index is -0.364. The molecule has 0 saturated carbocycles. The summed E-state index contributed by atoms with van der Waals surface area (Å²) in [5, 5.41) is 3.43. The van der Waals surface area contributed by atoms with Gasteiger partial charge in [0.15, 0.2) is 6.61 Å². The molecule has 0 heterocycles. The van der Waals surface area contributed by atoms with Crippen LogP contribution in [0, 0.1) is 6.92 Å². The fourth-order valence-electron chi connectivity index (χ4n) is 2.05. The van der Waals surface area contributed by atoms with Crippen LogP contribution in [0.5, 0.6) is 0 Å². The first-order valence-electron chi connectivity index (χ1n) is 7.94. The van der Waals surface area contributed by atoms with E-state index < -0.39 is 0 Å². The molecule has 2 rings (SSSR count). The summed E-state index contributed by atoms with van der Waals surface area (Å²) in [6.45, 7) is 1.64. The van der Waals surface area contributed by atoms with E-state index in [-0.39, 0.29) is 24.9 Å². The molecule has 25 heavy (non-hydrogen) atoms. The molecule has 0 aliphatic rings. The van der Waals surface area contributed by atoms with E-state index in [4.69, 9.17) is 16.3 Å². The number of thioether (sulfide) groups is 1. The van der Waals surface area contributed by atoms with E-state index in [2.05, 4.69) is 5.32 Å². The number of aryl methyl sites for hydroxylation is 1. The second kappa shape index (κ2) is 10.1. The average molecular weight is 378 g/mol. The standard InChI is InChI=1S/C19H20ClNO3S/c1-14-5-2-3-6-17(14)21-18(22)13-24-19(23)7-4-12-25-16-10-8-15(20)9-11-16/h2-3,5-6,8-11H,4,7,12-13H2,1H3,(H,21,22). The molecule has 1 N–H and O–H groups in total. The Bertz CT molecular complexity index is 719. The fourth-order valence-corrected chi connectivity index (χ4v) is 3.03. The van der Waals surface area contributed by atoms with Crippen molar-refractivity contribution in [3.63, 3.8) is 0 Å². The van der Waals surface area contributed by atoms with Crippen LogP contribution < -0.4 is 5.32 Å². The van der Waals surface area contributed by atoms with Crippen LogP contribution in [-0.2, 0) is 14.3 Å². The first kappa shape index (κ1) is 19.3. The summed E-state index contributed by atoms with van der Waals surface area (Å²) in [5.41, 5.74) is 1.68. The molecule has 0 unspecified atom stereocenters. The van der Waals surface area contributed by atoms with Gasteiger partial charge in [-0.3, -0.25) is 9.59 Å². The summed E-state index contributed by atoms with van der Waals surface area (Å²) >= 11 is 7.48. The number of anilines is 1. The molecule has 0 saturated heterocycles. The van der Waals surface area contributed by atoms with Crippen molar-refractivity contribution < 1.29 is 14.3 Å². The van der Waals surface area contributed by atoms with E-state index in [0.717, 1.165) is 21.9 Å². The van der Waals surface area contributed by atoms with Crippen LogP contribution in [0.1, 0.15) is 18.4 Å². The van der Waals surface area contributed by atoms with E-state index in [9.17, 15) is 9.59 Å². The Balaban J connectivity index is 1.61. The number of carbonyl (C=O) groups is 2. The Morgan fingerprint density at radius 3 is 2.56 bits per heavy atom. The minimum absolute atomic E-state index is 0.266. The highest BCUT2D eigenvalue weighted by Crippen LogP contribution is 2.21. The lowest BCUT2D eigenvalue weighted by molar-refractivity contribution is -0.147. The van der Waals surface area contributed by atoms with E-state index in [0.29, 0.717) is 11.4 Å². The van der Waals surface area contributed by atoms with Crippen LogP contribution in [0.25, 0.3) is 0 Å². The average Bonchev–Trinajstić information content (AvgIpc) is 2.60. The quantitative estimate of drug-likeness (QED) is 0.411. The molecule has 2 aromatic rings. The smallest absolute Gasteiger partial charge is 0.306 e. The van der Waals surface area contributed by atoms with Gasteiger partial charge in [0.2, 0.25) is 0 Å². The number of esters is 1. The van der Waals surface area contributed by atoms with Gasteiger partial charge in [-0.25, -0.2) is 0 Å². The Labute approximate surface area is 156 Å². The largest absolute Gasteiger partial charge is 0.456 e. The molecule has 0 atom stereocenters. The van der Waals surface area contributed by atoms with Gasteiger partial charge in [0.1, 0.15) is 0 Å². The molecule has 0 aliphatic heterocycles. The molecule has 4 nitrogen and oxygen atoms in total. The lowest BCUT2D eigenvalue weighted by Gasteiger charge is -2.08. The third kappa shape index (κ3) is 7.20. The fraction of sp³-hybridized carbons (Fsp3) is 0.263. The van der Waals surface area contributed by atoms with Crippen molar-refractivity contribution >= 4 is 40.9 Å². The Morgan fingerprint density at radius 1 is 1.12 bits per heavy atom. The van der Waals surface area contributed by atoms with Crippen molar-refractivity contribution in [1.29, 1.82) is 0 Å². The predicted octanol–water partition coefficient (Wildman–Crippen LogP) is 4.70. The zero-order valence-electron chi connectivity index (χ0n) is 14.0. The maximum atomic E-state index is 11.8. The maximum Gasteiger partial charge on any atom is 0.306 e. The van der Waals surface area contributed by atoms with Crippen molar-refractivity contribution in [2.45, 2.75) is 24.7 Å². The second-order valence-corrected chi connectivity index (χ2v) is 7.03. The van der Waals surface area contributed by atoms with Crippen molar-refractivity contribution in [3.8, 4) is 0 Å². The number of rotatable bonds is 8. The van der Waals surface area contributed by atoms with E-state index in [1.165, 1.54) is 0 Å². The monoisotopic (exact) mass is 377 g/mol. The first-order valence-corrected chi connectivity index (χ1v) is 9.30. The summed E-state index contributed by atoms with van der Waals surface area (Å²) in [7, 11) is 0. The lowest BCUT2D eigenvalue weighted by Crippen LogP contribution is -2.21. The maximum absolute atomic E-state index is 11.8. The number of halogens is 1. The van der Waals surface area contributed by atoms with Crippen LogP contribution in [0.15, 0.2) is 53.4 Å². The molecule has 0 bridgehead atoms. The normalized spacial score (nSPS) is 10.3. The van der Waals surface area contributed by atoms with Crippen molar-refractivity contribution in [1.82, 2.24) is 0 Å². The van der Waals surface area contributed by atoms with Gasteiger partial charge < -0.3 is 10.1 Å². The van der Waals surface area contributed by atoms with Gasteiger partial charge >= 0.3 is 5.97 Å². The Hall–Kier alpha value is -1.98. The van der Waals surface area contributed by atoms with Gasteiger partial charge in [0.25, 0.3) is 5.91 Å². The van der Waals surface area contributed by atoms with Gasteiger partial charge in [0.05, 0.1) is 0 Å². The van der Waals surface area contributed by atoms with E-state index in [1.54, 1.807) is 11.8 Å². The topological polar surface area (TPSA) is 55.4 Å². The zero-order chi connectivity index (χ0) is 18.1. The second-order valence-electron chi connectivity index (χ2n) is 5.43. The van der Waals surface area contributed by atoms with Gasteiger partial charge in [-0.2, -0.15) is 0 Å². The van der Waals surface area contributed by atoms with Gasteiger partial charge in [-0.05, 0) is 55.0 Å². The summed E-state index contributed by atoms with van der Waals surface area (Å²) in [6, 6.07) is 15.0. The number of hydrogen-bond donors (Lipinski definition) is 1. The van der Waals surface area contributed by atoms with Crippen LogP contribution >= 0.6 is 23.4 Å². The Morgan fingerprint density at radius 2 is 1.84 bits per heavy atom. The molecule has 2 aromatic carbocycles. The predicted molar refractivity (Wildman–Crippen MR) is 102 cm³/mol. The number of hydrogen-bond acceptors (Lipinski definition) is 4. The molecule has 0 aliphatic carbocycles. The summed E-state index contributed by atoms with van der Waals surface area (Å²) in [5.74, 6) is 0.0985. The number of carbonyl (C=O) groups excluding carboxylic acids is 2. The van der Waals surface area contributed by atoms with Crippen molar-refractivity contribution in [2.75, 3.05) is 17.7 Å². The molecular formula is C19H20ClNO3S. The van der Waals surface area contributed by atoms with E-state index in [1.807, 2.05) is 55.5 Å². The molecule has 0 aromatic heterocycles. The molecule has 1 amide bonds. The highest BCUT2D eigenvalue weighted by molar-refractivity contribution is 7.99. The van der Waals surface area contributed by atoms with Crippen molar-refractivity contribution in [2.24, 2.45) is 0 Å². The number of benzene rings is 2.